The third kappa shape index (κ3) is 4.38. The van der Waals surface area contributed by atoms with E-state index in [4.69, 9.17) is 16.3 Å². The highest BCUT2D eigenvalue weighted by Gasteiger charge is 2.36. The highest BCUT2D eigenvalue weighted by Crippen LogP contribution is 2.28. The molecule has 2 heterocycles. The summed E-state index contributed by atoms with van der Waals surface area (Å²) < 4.78 is 5.01. The van der Waals surface area contributed by atoms with Gasteiger partial charge in [-0.05, 0) is 18.1 Å². The number of nitrogens with one attached hydrogen (secondary N) is 1. The van der Waals surface area contributed by atoms with Crippen LogP contribution in [0, 0.1) is 5.92 Å². The number of methoxy groups -OCH3 is 1. The third-order valence-corrected chi connectivity index (χ3v) is 5.39. The van der Waals surface area contributed by atoms with Gasteiger partial charge >= 0.3 is 0 Å². The van der Waals surface area contributed by atoms with Crippen LogP contribution in [0.15, 0.2) is 24.3 Å². The molecule has 2 aromatic rings. The van der Waals surface area contributed by atoms with E-state index in [1.807, 2.05) is 24.3 Å². The van der Waals surface area contributed by atoms with Gasteiger partial charge in [0.15, 0.2) is 0 Å². The number of benzene rings is 1. The van der Waals surface area contributed by atoms with E-state index in [1.54, 1.807) is 7.11 Å². The Kier molecular flexibility index (Phi) is 6.18. The first-order valence-electron chi connectivity index (χ1n) is 8.21. The molecule has 3 rings (SSSR count). The smallest absolute Gasteiger partial charge is 0.229 e. The van der Waals surface area contributed by atoms with Crippen LogP contribution in [0.4, 0.5) is 5.13 Å². The molecule has 1 aliphatic heterocycles. The number of ether oxygens (including phenoxy) is 1. The van der Waals surface area contributed by atoms with E-state index in [1.165, 1.54) is 16.2 Å². The number of rotatable bonds is 7. The lowest BCUT2D eigenvalue weighted by molar-refractivity contribution is -0.126. The predicted molar refractivity (Wildman–Crippen MR) is 99.2 cm³/mol. The van der Waals surface area contributed by atoms with Crippen molar-refractivity contribution in [3.05, 3.63) is 39.9 Å². The predicted octanol–water partition coefficient (Wildman–Crippen LogP) is 2.05. The van der Waals surface area contributed by atoms with Crippen molar-refractivity contribution in [1.29, 1.82) is 0 Å². The maximum atomic E-state index is 12.4. The average Bonchev–Trinajstić information content (AvgIpc) is 3.23. The topological polar surface area (TPSA) is 84.4 Å². The van der Waals surface area contributed by atoms with E-state index < -0.39 is 0 Å². The first-order valence-corrected chi connectivity index (χ1v) is 9.40. The summed E-state index contributed by atoms with van der Waals surface area (Å²) in [5, 5.41) is 12.8. The Balaban J connectivity index is 1.52. The molecule has 0 radical (unpaired) electrons. The molecule has 0 saturated carbocycles. The van der Waals surface area contributed by atoms with Crippen LogP contribution >= 0.6 is 22.9 Å². The molecule has 7 nitrogen and oxygen atoms in total. The number of hydrogen-bond donors (Lipinski definition) is 1. The first-order chi connectivity index (χ1) is 12.6. The lowest BCUT2D eigenvalue weighted by Crippen LogP contribution is -2.34. The molecule has 1 aromatic carbocycles. The fourth-order valence-electron chi connectivity index (χ4n) is 2.77. The van der Waals surface area contributed by atoms with E-state index >= 15 is 0 Å². The molecule has 138 valence electrons. The Morgan fingerprint density at radius 1 is 1.42 bits per heavy atom. The van der Waals surface area contributed by atoms with Crippen molar-refractivity contribution in [2.24, 2.45) is 5.92 Å². The number of aromatic nitrogens is 2. The number of carbonyl (C=O) groups excluding carboxylic acids is 2. The van der Waals surface area contributed by atoms with Gasteiger partial charge in [-0.25, -0.2) is 0 Å². The molecule has 1 fully saturated rings. The van der Waals surface area contributed by atoms with Crippen molar-refractivity contribution < 1.29 is 14.3 Å². The Morgan fingerprint density at radius 3 is 3.00 bits per heavy atom. The summed E-state index contributed by atoms with van der Waals surface area (Å²) in [5.41, 5.74) is 0.984. The van der Waals surface area contributed by atoms with Gasteiger partial charge in [-0.3, -0.25) is 14.5 Å². The summed E-state index contributed by atoms with van der Waals surface area (Å²) >= 11 is 7.41. The zero-order valence-corrected chi connectivity index (χ0v) is 15.8. The summed E-state index contributed by atoms with van der Waals surface area (Å²) in [4.78, 5) is 26.1. The molecule has 26 heavy (non-hydrogen) atoms. The van der Waals surface area contributed by atoms with Gasteiger partial charge in [-0.2, -0.15) is 0 Å². The van der Waals surface area contributed by atoms with Crippen molar-refractivity contribution >= 4 is 39.9 Å². The van der Waals surface area contributed by atoms with Crippen molar-refractivity contribution in [3.63, 3.8) is 0 Å². The Labute approximate surface area is 160 Å². The molecule has 1 unspecified atom stereocenters. The van der Waals surface area contributed by atoms with Gasteiger partial charge in [0.1, 0.15) is 11.6 Å². The van der Waals surface area contributed by atoms with Crippen LogP contribution in [0.3, 0.4) is 0 Å². The normalized spacial score (nSPS) is 16.9. The Morgan fingerprint density at radius 2 is 2.23 bits per heavy atom. The summed E-state index contributed by atoms with van der Waals surface area (Å²) in [5.74, 6) is -0.630. The maximum absolute atomic E-state index is 12.4. The van der Waals surface area contributed by atoms with Gasteiger partial charge in [-0.15, -0.1) is 10.2 Å². The highest BCUT2D eigenvalue weighted by molar-refractivity contribution is 7.15. The van der Waals surface area contributed by atoms with Crippen molar-refractivity contribution in [1.82, 2.24) is 15.5 Å². The summed E-state index contributed by atoms with van der Waals surface area (Å²) in [6, 6.07) is 7.54. The summed E-state index contributed by atoms with van der Waals surface area (Å²) in [6.45, 7) is 1.15. The van der Waals surface area contributed by atoms with Crippen LogP contribution in [-0.2, 0) is 27.4 Å². The monoisotopic (exact) mass is 394 g/mol. The van der Waals surface area contributed by atoms with Crippen molar-refractivity contribution in [3.8, 4) is 0 Å². The van der Waals surface area contributed by atoms with Crippen LogP contribution in [0.2, 0.25) is 5.02 Å². The molecule has 0 bridgehead atoms. The second-order valence-electron chi connectivity index (χ2n) is 5.95. The van der Waals surface area contributed by atoms with E-state index in [0.29, 0.717) is 41.3 Å². The van der Waals surface area contributed by atoms with Crippen LogP contribution in [0.5, 0.6) is 0 Å². The fraction of sp³-hybridized carbons (Fsp3) is 0.412. The molecule has 0 spiro atoms. The van der Waals surface area contributed by atoms with E-state index in [2.05, 4.69) is 15.5 Å². The summed E-state index contributed by atoms with van der Waals surface area (Å²) in [6.07, 6.45) is 0.823. The number of hydrogen-bond acceptors (Lipinski definition) is 6. The zero-order valence-electron chi connectivity index (χ0n) is 14.3. The lowest BCUT2D eigenvalue weighted by atomic mass is 10.1. The van der Waals surface area contributed by atoms with Gasteiger partial charge in [0, 0.05) is 31.6 Å². The second kappa shape index (κ2) is 8.57. The van der Waals surface area contributed by atoms with Gasteiger partial charge in [0.25, 0.3) is 0 Å². The van der Waals surface area contributed by atoms with E-state index in [-0.39, 0.29) is 24.2 Å². The van der Waals surface area contributed by atoms with Gasteiger partial charge in [0.05, 0.1) is 5.92 Å². The zero-order chi connectivity index (χ0) is 18.5. The maximum Gasteiger partial charge on any atom is 0.229 e. The van der Waals surface area contributed by atoms with Crippen LogP contribution in [0.25, 0.3) is 0 Å². The molecule has 1 aliphatic rings. The van der Waals surface area contributed by atoms with Crippen molar-refractivity contribution in [2.75, 3.05) is 25.1 Å². The standard InChI is InChI=1S/C17H19ClN4O3S/c1-25-10-14-20-21-17(26-14)22-9-12(8-15(22)23)16(24)19-7-6-11-4-2-3-5-13(11)18/h2-5,12H,6-10H2,1H3,(H,19,24). The average molecular weight is 395 g/mol. The van der Waals surface area contributed by atoms with Crippen LogP contribution < -0.4 is 10.2 Å². The number of halogens is 1. The lowest BCUT2D eigenvalue weighted by Gasteiger charge is -2.13. The first kappa shape index (κ1) is 18.8. The molecule has 1 aromatic heterocycles. The van der Waals surface area contributed by atoms with Crippen LogP contribution in [-0.4, -0.2) is 42.2 Å². The second-order valence-corrected chi connectivity index (χ2v) is 7.40. The quantitative estimate of drug-likeness (QED) is 0.776. The minimum atomic E-state index is -0.386. The van der Waals surface area contributed by atoms with Gasteiger partial charge in [0.2, 0.25) is 16.9 Å². The number of anilines is 1. The number of amides is 2. The van der Waals surface area contributed by atoms with Gasteiger partial charge in [-0.1, -0.05) is 41.1 Å². The van der Waals surface area contributed by atoms with Crippen LogP contribution in [0.1, 0.15) is 17.0 Å². The molecular formula is C17H19ClN4O3S. The van der Waals surface area contributed by atoms with Crippen molar-refractivity contribution in [2.45, 2.75) is 19.4 Å². The molecule has 1 N–H and O–H groups in total. The molecule has 9 heteroatoms. The molecule has 0 aliphatic carbocycles. The van der Waals surface area contributed by atoms with E-state index in [0.717, 1.165) is 5.56 Å². The third-order valence-electron chi connectivity index (χ3n) is 4.10. The minimum Gasteiger partial charge on any atom is -0.377 e. The molecular weight excluding hydrogens is 376 g/mol. The van der Waals surface area contributed by atoms with Gasteiger partial charge < -0.3 is 10.1 Å². The number of carbonyl (C=O) groups is 2. The fourth-order valence-corrected chi connectivity index (χ4v) is 3.84. The Bertz CT molecular complexity index is 798. The highest BCUT2D eigenvalue weighted by atomic mass is 35.5. The summed E-state index contributed by atoms with van der Waals surface area (Å²) in [7, 11) is 1.57. The number of nitrogens with zero attached hydrogens (tertiary/aromatic N) is 3. The largest absolute Gasteiger partial charge is 0.377 e. The Hall–Kier alpha value is -2.03. The molecule has 2 amide bonds. The SMILES string of the molecule is COCc1nnc(N2CC(C(=O)NCCc3ccccc3Cl)CC2=O)s1. The minimum absolute atomic E-state index is 0.114. The molecule has 1 saturated heterocycles. The molecule has 1 atom stereocenters. The van der Waals surface area contributed by atoms with E-state index in [9.17, 15) is 9.59 Å².